The van der Waals surface area contributed by atoms with Crippen molar-refractivity contribution in [3.63, 3.8) is 0 Å². The zero-order valence-corrected chi connectivity index (χ0v) is 16.8. The molecule has 28 heavy (non-hydrogen) atoms. The summed E-state index contributed by atoms with van der Waals surface area (Å²) < 4.78 is 45.2. The minimum Gasteiger partial charge on any atom is -0.456 e. The fourth-order valence-electron chi connectivity index (χ4n) is 2.25. The van der Waals surface area contributed by atoms with Crippen LogP contribution in [0.25, 0.3) is 0 Å². The zero-order valence-electron chi connectivity index (χ0n) is 15.2. The van der Waals surface area contributed by atoms with Crippen molar-refractivity contribution in [2.75, 3.05) is 6.61 Å². The summed E-state index contributed by atoms with van der Waals surface area (Å²) in [6, 6.07) is 9.04. The van der Waals surface area contributed by atoms with E-state index in [2.05, 4.69) is 4.72 Å². The maximum absolute atomic E-state index is 12.9. The molecule has 2 rings (SSSR count). The predicted octanol–water partition coefficient (Wildman–Crippen LogP) is 3.21. The average Bonchev–Trinajstić information content (AvgIpc) is 2.64. The van der Waals surface area contributed by atoms with Crippen LogP contribution in [0.2, 0.25) is 5.02 Å². The highest BCUT2D eigenvalue weighted by atomic mass is 35.5. The molecule has 6 nitrogen and oxygen atoms in total. The molecule has 0 aliphatic heterocycles. The summed E-state index contributed by atoms with van der Waals surface area (Å²) in [7, 11) is -4.00. The van der Waals surface area contributed by atoms with E-state index in [0.29, 0.717) is 5.02 Å². The van der Waals surface area contributed by atoms with E-state index in [1.807, 2.05) is 0 Å². The zero-order chi connectivity index (χ0) is 20.9. The van der Waals surface area contributed by atoms with Gasteiger partial charge in [-0.25, -0.2) is 12.8 Å². The first-order valence-corrected chi connectivity index (χ1v) is 10.2. The van der Waals surface area contributed by atoms with Gasteiger partial charge in [0.15, 0.2) is 12.4 Å². The van der Waals surface area contributed by atoms with Crippen LogP contribution in [0.15, 0.2) is 53.4 Å². The Hall–Kier alpha value is -2.29. The molecule has 2 aromatic carbocycles. The van der Waals surface area contributed by atoms with Crippen molar-refractivity contribution in [2.45, 2.75) is 24.8 Å². The molecule has 1 atom stereocenters. The molecule has 0 bridgehead atoms. The van der Waals surface area contributed by atoms with Crippen LogP contribution >= 0.6 is 11.6 Å². The van der Waals surface area contributed by atoms with Gasteiger partial charge in [0, 0.05) is 10.6 Å². The fraction of sp³-hybridized carbons (Fsp3) is 0.263. The van der Waals surface area contributed by atoms with E-state index in [1.165, 1.54) is 36.4 Å². The van der Waals surface area contributed by atoms with E-state index in [0.717, 1.165) is 12.1 Å². The molecule has 0 aliphatic rings. The molecule has 2 aromatic rings. The monoisotopic (exact) mass is 427 g/mol. The Morgan fingerprint density at radius 2 is 1.64 bits per heavy atom. The summed E-state index contributed by atoms with van der Waals surface area (Å²) in [4.78, 5) is 24.3. The largest absolute Gasteiger partial charge is 0.456 e. The third-order valence-electron chi connectivity index (χ3n) is 3.84. The van der Waals surface area contributed by atoms with Crippen LogP contribution in [0.1, 0.15) is 24.2 Å². The van der Waals surface area contributed by atoms with Crippen LogP contribution in [-0.2, 0) is 19.6 Å². The summed E-state index contributed by atoms with van der Waals surface area (Å²) in [5, 5.41) is 0.373. The summed E-state index contributed by atoms with van der Waals surface area (Å²) in [5.74, 6) is -2.35. The van der Waals surface area contributed by atoms with Gasteiger partial charge in [-0.15, -0.1) is 0 Å². The van der Waals surface area contributed by atoms with E-state index in [4.69, 9.17) is 16.3 Å². The summed E-state index contributed by atoms with van der Waals surface area (Å²) in [6.07, 6.45) is 0. The lowest BCUT2D eigenvalue weighted by Crippen LogP contribution is -2.45. The van der Waals surface area contributed by atoms with Crippen LogP contribution in [0, 0.1) is 11.7 Å². The van der Waals surface area contributed by atoms with Crippen molar-refractivity contribution in [1.82, 2.24) is 4.72 Å². The molecule has 0 aromatic heterocycles. The summed E-state index contributed by atoms with van der Waals surface area (Å²) >= 11 is 5.76. The highest BCUT2D eigenvalue weighted by Gasteiger charge is 2.30. The number of carbonyl (C=O) groups excluding carboxylic acids is 2. The van der Waals surface area contributed by atoms with Gasteiger partial charge >= 0.3 is 5.97 Å². The maximum Gasteiger partial charge on any atom is 0.324 e. The molecule has 0 aliphatic carbocycles. The molecule has 9 heteroatoms. The lowest BCUT2D eigenvalue weighted by molar-refractivity contribution is -0.145. The van der Waals surface area contributed by atoms with Gasteiger partial charge < -0.3 is 4.74 Å². The standard InChI is InChI=1S/C19H19ClFNO5S/c1-12(2)18(22-28(25,26)16-9-5-14(20)6-10-16)19(24)27-11-17(23)13-3-7-15(21)8-4-13/h3-10,12,18,22H,11H2,1-2H3. The summed E-state index contributed by atoms with van der Waals surface area (Å²) in [5.41, 5.74) is 0.178. The van der Waals surface area contributed by atoms with Crippen LogP contribution in [0.4, 0.5) is 4.39 Å². The smallest absolute Gasteiger partial charge is 0.324 e. The van der Waals surface area contributed by atoms with Gasteiger partial charge in [-0.2, -0.15) is 4.72 Å². The van der Waals surface area contributed by atoms with E-state index >= 15 is 0 Å². The van der Waals surface area contributed by atoms with Gasteiger partial charge in [0.25, 0.3) is 0 Å². The van der Waals surface area contributed by atoms with E-state index < -0.39 is 46.2 Å². The molecule has 0 amide bonds. The third kappa shape index (κ3) is 5.85. The molecule has 1 unspecified atom stereocenters. The Labute approximate surface area is 167 Å². The molecule has 0 saturated carbocycles. The number of benzene rings is 2. The maximum atomic E-state index is 12.9. The van der Waals surface area contributed by atoms with Crippen molar-refractivity contribution in [3.05, 3.63) is 64.9 Å². The number of carbonyl (C=O) groups is 2. The lowest BCUT2D eigenvalue weighted by Gasteiger charge is -2.20. The second-order valence-electron chi connectivity index (χ2n) is 6.33. The first-order chi connectivity index (χ1) is 13.1. The first-order valence-electron chi connectivity index (χ1n) is 8.33. The topological polar surface area (TPSA) is 89.5 Å². The number of nitrogens with one attached hydrogen (secondary N) is 1. The van der Waals surface area contributed by atoms with Crippen LogP contribution in [0.5, 0.6) is 0 Å². The number of hydrogen-bond acceptors (Lipinski definition) is 5. The minimum atomic E-state index is -4.00. The van der Waals surface area contributed by atoms with Crippen molar-refractivity contribution in [3.8, 4) is 0 Å². The lowest BCUT2D eigenvalue weighted by atomic mass is 10.1. The Morgan fingerprint density at radius 3 is 2.18 bits per heavy atom. The second kappa shape index (κ2) is 9.27. The van der Waals surface area contributed by atoms with Gasteiger partial charge in [-0.1, -0.05) is 25.4 Å². The van der Waals surface area contributed by atoms with Crippen molar-refractivity contribution < 1.29 is 27.1 Å². The van der Waals surface area contributed by atoms with Crippen molar-refractivity contribution in [2.24, 2.45) is 5.92 Å². The van der Waals surface area contributed by atoms with Crippen molar-refractivity contribution >= 4 is 33.4 Å². The number of ketones is 1. The number of halogens is 2. The number of rotatable bonds is 8. The number of sulfonamides is 1. The Kier molecular flexibility index (Phi) is 7.29. The minimum absolute atomic E-state index is 0.0576. The fourth-order valence-corrected chi connectivity index (χ4v) is 3.71. The van der Waals surface area contributed by atoms with Gasteiger partial charge in [0.1, 0.15) is 11.9 Å². The van der Waals surface area contributed by atoms with Gasteiger partial charge in [0.2, 0.25) is 10.0 Å². The van der Waals surface area contributed by atoms with Crippen LogP contribution in [0.3, 0.4) is 0 Å². The van der Waals surface area contributed by atoms with Gasteiger partial charge in [-0.3, -0.25) is 9.59 Å². The molecule has 0 radical (unpaired) electrons. The Balaban J connectivity index is 2.06. The molecule has 0 saturated heterocycles. The third-order valence-corrected chi connectivity index (χ3v) is 5.55. The van der Waals surface area contributed by atoms with E-state index in [-0.39, 0.29) is 10.5 Å². The average molecular weight is 428 g/mol. The predicted molar refractivity (Wildman–Crippen MR) is 102 cm³/mol. The quantitative estimate of drug-likeness (QED) is 0.516. The molecular formula is C19H19ClFNO5S. The summed E-state index contributed by atoms with van der Waals surface area (Å²) in [6.45, 7) is 2.69. The molecule has 0 heterocycles. The molecule has 1 N–H and O–H groups in total. The van der Waals surface area contributed by atoms with E-state index in [9.17, 15) is 22.4 Å². The molecular weight excluding hydrogens is 409 g/mol. The van der Waals surface area contributed by atoms with E-state index in [1.54, 1.807) is 13.8 Å². The van der Waals surface area contributed by atoms with Crippen molar-refractivity contribution in [1.29, 1.82) is 0 Å². The Morgan fingerprint density at radius 1 is 1.07 bits per heavy atom. The number of Topliss-reactive ketones (excluding diaryl/α,β-unsaturated/α-hetero) is 1. The Bertz CT molecular complexity index is 943. The molecule has 0 fully saturated rings. The normalized spacial score (nSPS) is 12.6. The SMILES string of the molecule is CC(C)C(NS(=O)(=O)c1ccc(Cl)cc1)C(=O)OCC(=O)c1ccc(F)cc1. The van der Waals surface area contributed by atoms with Crippen LogP contribution < -0.4 is 4.72 Å². The number of ether oxygens (including phenoxy) is 1. The number of hydrogen-bond donors (Lipinski definition) is 1. The van der Waals surface area contributed by atoms with Gasteiger partial charge in [0.05, 0.1) is 4.90 Å². The highest BCUT2D eigenvalue weighted by Crippen LogP contribution is 2.16. The second-order valence-corrected chi connectivity index (χ2v) is 8.49. The first kappa shape index (κ1) is 22.0. The van der Waals surface area contributed by atoms with Crippen LogP contribution in [-0.4, -0.2) is 32.8 Å². The highest BCUT2D eigenvalue weighted by molar-refractivity contribution is 7.89. The molecule has 150 valence electrons. The molecule has 0 spiro atoms. The number of esters is 1. The van der Waals surface area contributed by atoms with Gasteiger partial charge in [-0.05, 0) is 54.4 Å².